The molecule has 0 saturated carbocycles. The minimum absolute atomic E-state index is 0.101. The molecule has 3 heterocycles. The second-order valence-corrected chi connectivity index (χ2v) is 7.96. The van der Waals surface area contributed by atoms with Gasteiger partial charge in [-0.3, -0.25) is 4.79 Å². The third kappa shape index (κ3) is 5.72. The van der Waals surface area contributed by atoms with Crippen molar-refractivity contribution in [3.05, 3.63) is 60.0 Å². The predicted molar refractivity (Wildman–Crippen MR) is 113 cm³/mol. The van der Waals surface area contributed by atoms with Gasteiger partial charge in [0, 0.05) is 18.8 Å². The monoisotopic (exact) mass is 479 g/mol. The number of carbonyl (C=O) groups is 2. The molecule has 8 nitrogen and oxygen atoms in total. The number of halogens is 3. The molecule has 11 heteroatoms. The molecular weight excluding hydrogens is 455 g/mol. The molecule has 4 rings (SSSR count). The molecule has 1 aliphatic heterocycles. The lowest BCUT2D eigenvalue weighted by Crippen LogP contribution is -2.55. The Kier molecular flexibility index (Phi) is 7.57. The quantitative estimate of drug-likeness (QED) is 0.488. The van der Waals surface area contributed by atoms with Crippen LogP contribution in [-0.4, -0.2) is 53.5 Å². The summed E-state index contributed by atoms with van der Waals surface area (Å²) in [5.41, 5.74) is 3.39. The van der Waals surface area contributed by atoms with E-state index in [2.05, 4.69) is 22.4 Å². The van der Waals surface area contributed by atoms with Gasteiger partial charge in [-0.05, 0) is 31.9 Å². The first kappa shape index (κ1) is 25.2. The highest BCUT2D eigenvalue weighted by Gasteiger charge is 2.37. The Hall–Kier alpha value is -3.44. The van der Waals surface area contributed by atoms with Crippen LogP contribution in [0.1, 0.15) is 29.0 Å². The van der Waals surface area contributed by atoms with Gasteiger partial charge < -0.3 is 25.1 Å². The van der Waals surface area contributed by atoms with Crippen molar-refractivity contribution in [1.29, 1.82) is 0 Å². The normalized spacial score (nSPS) is 15.3. The maximum absolute atomic E-state index is 13.1. The lowest BCUT2D eigenvalue weighted by molar-refractivity contribution is -0.514. The number of aliphatic carboxylic acids is 1. The molecule has 0 unspecified atom stereocenters. The maximum Gasteiger partial charge on any atom is 0.430 e. The molecule has 0 radical (unpaired) electrons. The highest BCUT2D eigenvalue weighted by atomic mass is 19.4. The summed E-state index contributed by atoms with van der Waals surface area (Å²) in [7, 11) is 0. The van der Waals surface area contributed by atoms with Crippen molar-refractivity contribution in [2.45, 2.75) is 31.5 Å². The molecule has 0 bridgehead atoms. The second-order valence-electron chi connectivity index (χ2n) is 7.96. The first-order valence-electron chi connectivity index (χ1n) is 10.4. The van der Waals surface area contributed by atoms with Gasteiger partial charge in [-0.1, -0.05) is 35.9 Å². The Morgan fingerprint density at radius 2 is 1.79 bits per heavy atom. The largest absolute Gasteiger partial charge is 0.542 e. The van der Waals surface area contributed by atoms with E-state index in [-0.39, 0.29) is 12.5 Å². The van der Waals surface area contributed by atoms with Gasteiger partial charge in [0.2, 0.25) is 0 Å². The van der Waals surface area contributed by atoms with Crippen molar-refractivity contribution in [2.75, 3.05) is 19.8 Å². The van der Waals surface area contributed by atoms with E-state index in [4.69, 9.17) is 14.6 Å². The van der Waals surface area contributed by atoms with Crippen molar-refractivity contribution in [3.8, 4) is 11.3 Å². The molecule has 1 aromatic carbocycles. The number of aliphatic hydroxyl groups excluding tert-OH is 1. The van der Waals surface area contributed by atoms with Crippen LogP contribution < -0.4 is 14.8 Å². The number of H-pyrrole nitrogens is 1. The van der Waals surface area contributed by atoms with Crippen LogP contribution in [0.4, 0.5) is 13.2 Å². The lowest BCUT2D eigenvalue weighted by Gasteiger charge is -2.35. The minimum Gasteiger partial charge on any atom is -0.542 e. The highest BCUT2D eigenvalue weighted by Crippen LogP contribution is 2.24. The predicted octanol–water partition coefficient (Wildman–Crippen LogP) is 1.30. The number of nitrogens with zero attached hydrogens (tertiary/aromatic N) is 1. The molecule has 1 saturated heterocycles. The van der Waals surface area contributed by atoms with Gasteiger partial charge in [0.05, 0.1) is 18.3 Å². The first-order chi connectivity index (χ1) is 16.1. The number of nitrogens with one attached hydrogen (secondary N) is 2. The second kappa shape index (κ2) is 10.2. The summed E-state index contributed by atoms with van der Waals surface area (Å²) < 4.78 is 38.8. The number of amides is 1. The van der Waals surface area contributed by atoms with Gasteiger partial charge in [0.1, 0.15) is 5.97 Å². The number of aliphatic hydroxyl groups is 1. The van der Waals surface area contributed by atoms with Gasteiger partial charge in [0.15, 0.2) is 11.2 Å². The number of rotatable bonds is 4. The Balaban J connectivity index is 0.000000406. The highest BCUT2D eigenvalue weighted by molar-refractivity contribution is 5.92. The van der Waals surface area contributed by atoms with E-state index in [0.29, 0.717) is 31.9 Å². The third-order valence-corrected chi connectivity index (χ3v) is 5.52. The average molecular weight is 479 g/mol. The van der Waals surface area contributed by atoms with Crippen molar-refractivity contribution >= 4 is 17.4 Å². The smallest absolute Gasteiger partial charge is 0.430 e. The number of alkyl halides is 3. The van der Waals surface area contributed by atoms with Gasteiger partial charge in [-0.15, -0.1) is 0 Å². The Bertz CT molecular complexity index is 1150. The van der Waals surface area contributed by atoms with Crippen LogP contribution in [0, 0.1) is 6.92 Å². The number of hydrogen-bond acceptors (Lipinski definition) is 5. The summed E-state index contributed by atoms with van der Waals surface area (Å²) in [6.45, 7) is 3.02. The minimum atomic E-state index is -5.19. The van der Waals surface area contributed by atoms with Crippen LogP contribution in [-0.2, 0) is 9.53 Å². The maximum atomic E-state index is 13.1. The number of carboxylic acid groups (broad SMARTS) is 1. The fraction of sp³-hybridized carbons (Fsp3) is 0.348. The van der Waals surface area contributed by atoms with E-state index in [0.717, 1.165) is 16.8 Å². The summed E-state index contributed by atoms with van der Waals surface area (Å²) in [5, 5.41) is 21.7. The van der Waals surface area contributed by atoms with Gasteiger partial charge in [-0.2, -0.15) is 17.6 Å². The van der Waals surface area contributed by atoms with Crippen LogP contribution in [0.2, 0.25) is 0 Å². The van der Waals surface area contributed by atoms with Crippen LogP contribution in [0.25, 0.3) is 16.8 Å². The standard InChI is InChI=1S/C21H23N3O3.C2HF3O2/c1-15-5-7-16(8-6-15)18-17-4-2-3-11-24(17)19(22-18)20(26)23-21(14-25)9-12-27-13-10-21;3-2(4,5)1(6)7/h2-8,11,25H,9-10,12-14H2,1H3,(H,23,26);(H,6,7). The van der Waals surface area contributed by atoms with Crippen molar-refractivity contribution in [1.82, 2.24) is 10.3 Å². The number of carboxylic acids is 1. The third-order valence-electron chi connectivity index (χ3n) is 5.52. The summed E-state index contributed by atoms with van der Waals surface area (Å²) in [5.74, 6) is -2.79. The van der Waals surface area contributed by atoms with Crippen LogP contribution in [0.5, 0.6) is 0 Å². The number of hydrogen-bond donors (Lipinski definition) is 3. The van der Waals surface area contributed by atoms with Gasteiger partial charge >= 0.3 is 17.9 Å². The Morgan fingerprint density at radius 1 is 1.18 bits per heavy atom. The summed E-state index contributed by atoms with van der Waals surface area (Å²) in [4.78, 5) is 25.2. The van der Waals surface area contributed by atoms with Crippen LogP contribution in [0.15, 0.2) is 48.7 Å². The lowest BCUT2D eigenvalue weighted by atomic mass is 9.91. The molecule has 3 aromatic rings. The van der Waals surface area contributed by atoms with E-state index >= 15 is 0 Å². The summed E-state index contributed by atoms with van der Waals surface area (Å²) in [6.07, 6.45) is -2.12. The molecule has 3 N–H and O–H groups in total. The number of aryl methyl sites for hydroxylation is 1. The zero-order valence-electron chi connectivity index (χ0n) is 18.3. The topological polar surface area (TPSA) is 119 Å². The molecular formula is C23H24F3N3O5. The van der Waals surface area contributed by atoms with Crippen molar-refractivity contribution in [2.24, 2.45) is 0 Å². The number of aromatic nitrogens is 2. The van der Waals surface area contributed by atoms with E-state index in [1.54, 1.807) is 0 Å². The molecule has 1 amide bonds. The molecule has 0 spiro atoms. The number of carbonyl (C=O) groups excluding carboxylic acids is 2. The van der Waals surface area contributed by atoms with Crippen molar-refractivity contribution in [3.63, 3.8) is 0 Å². The van der Waals surface area contributed by atoms with Crippen LogP contribution in [0.3, 0.4) is 0 Å². The van der Waals surface area contributed by atoms with E-state index < -0.39 is 17.7 Å². The zero-order chi connectivity index (χ0) is 24.9. The summed E-state index contributed by atoms with van der Waals surface area (Å²) in [6, 6.07) is 14.0. The Labute approximate surface area is 193 Å². The Morgan fingerprint density at radius 3 is 2.35 bits per heavy atom. The first-order valence-corrected chi connectivity index (χ1v) is 10.4. The number of pyridine rings is 1. The average Bonchev–Trinajstić information content (AvgIpc) is 3.20. The zero-order valence-corrected chi connectivity index (χ0v) is 18.3. The van der Waals surface area contributed by atoms with Gasteiger partial charge in [0.25, 0.3) is 0 Å². The molecule has 0 atom stereocenters. The number of benzene rings is 1. The van der Waals surface area contributed by atoms with Crippen molar-refractivity contribution < 1.29 is 42.1 Å². The SMILES string of the molecule is Cc1ccc(-c2[nH]c(C(=O)NC3(CO)CCOCC3)[n+]3ccccc23)cc1.O=C([O-])C(F)(F)F. The summed E-state index contributed by atoms with van der Waals surface area (Å²) >= 11 is 0. The van der Waals surface area contributed by atoms with E-state index in [1.807, 2.05) is 47.9 Å². The van der Waals surface area contributed by atoms with Crippen LogP contribution >= 0.6 is 0 Å². The van der Waals surface area contributed by atoms with E-state index in [1.165, 1.54) is 5.56 Å². The van der Waals surface area contributed by atoms with Gasteiger partial charge in [-0.25, -0.2) is 4.98 Å². The molecule has 2 aromatic heterocycles. The number of aromatic amines is 1. The molecule has 34 heavy (non-hydrogen) atoms. The number of fused-ring (bicyclic) bond motifs is 1. The van der Waals surface area contributed by atoms with E-state index in [9.17, 15) is 23.1 Å². The molecule has 182 valence electrons. The molecule has 1 aliphatic rings. The molecule has 1 fully saturated rings. The fourth-order valence-corrected chi connectivity index (χ4v) is 3.58. The fourth-order valence-electron chi connectivity index (χ4n) is 3.58. The number of ether oxygens (including phenoxy) is 1. The molecule has 0 aliphatic carbocycles. The number of imidazole rings is 1.